The van der Waals surface area contributed by atoms with Crippen molar-refractivity contribution >= 4 is 45.8 Å². The quantitative estimate of drug-likeness (QED) is 0.162. The van der Waals surface area contributed by atoms with Crippen molar-refractivity contribution in [2.24, 2.45) is 0 Å². The summed E-state index contributed by atoms with van der Waals surface area (Å²) in [7, 11) is 0. The van der Waals surface area contributed by atoms with Gasteiger partial charge in [0.15, 0.2) is 0 Å². The zero-order valence-corrected chi connectivity index (χ0v) is 31.9. The Hall–Kier alpha value is -5.13. The van der Waals surface area contributed by atoms with Gasteiger partial charge in [-0.2, -0.15) is 0 Å². The monoisotopic (exact) mass is 764 g/mol. The Morgan fingerprint density at radius 1 is 0.500 bits per heavy atom. The molecule has 7 aromatic rings. The minimum absolute atomic E-state index is 0.274. The summed E-state index contributed by atoms with van der Waals surface area (Å²) in [5.41, 5.74) is 11.7. The molecule has 0 aromatic heterocycles. The third-order valence-electron chi connectivity index (χ3n) is 14.2. The molecule has 14 rings (SSSR count). The predicted octanol–water partition coefficient (Wildman–Crippen LogP) is 3.75. The molecule has 286 valence electrons. The zero-order valence-electron chi connectivity index (χ0n) is 31.9. The van der Waals surface area contributed by atoms with Gasteiger partial charge in [-0.25, -0.2) is 0 Å². The highest BCUT2D eigenvalue weighted by atomic mass is 16.8. The van der Waals surface area contributed by atoms with Crippen molar-refractivity contribution in [3.05, 3.63) is 168 Å². The molecule has 7 aliphatic heterocycles. The molecule has 3 saturated heterocycles. The first kappa shape index (κ1) is 33.8. The number of rotatable bonds is 0. The minimum atomic E-state index is -2.11. The molecule has 10 heteroatoms. The van der Waals surface area contributed by atoms with Crippen LogP contribution < -0.4 is 20.5 Å². The molecule has 0 amide bonds. The van der Waals surface area contributed by atoms with Crippen molar-refractivity contribution < 1.29 is 38.1 Å². The smallest absolute Gasteiger partial charge is 0.504 e. The van der Waals surface area contributed by atoms with E-state index in [-0.39, 0.29) is 6.61 Å². The molecule has 58 heavy (non-hydrogen) atoms. The standard InChI is InChI=1S/C48H42B2N2O6/c53-45-46-42-29-54-49(56-46)40-21-7-1-13-34(40)27-51(49)25-30-11-9-15-32(23-30)43-36-17-3-5-19-38(36)44(39-20-6-4-18-37(39)43)33-16-10-12-31(24-33)26-52-28-35-14-2-8-22-41(35)50(52)57-47(45)48(55-42)58-50/h1-24,42,45-48,51-53H,25-29H2/t42?,45-,46+,47?,48+,49?,50?/m0/s1. The second-order valence-electron chi connectivity index (χ2n) is 17.3. The van der Waals surface area contributed by atoms with Crippen molar-refractivity contribution in [2.75, 3.05) is 6.61 Å². The van der Waals surface area contributed by atoms with E-state index in [1.807, 2.05) is 0 Å². The lowest BCUT2D eigenvalue weighted by molar-refractivity contribution is -0.840. The first-order valence-electron chi connectivity index (χ1n) is 20.8. The topological polar surface area (TPSA) is 75.3 Å². The minimum Gasteiger partial charge on any atom is -0.507 e. The average molecular weight is 764 g/mol. The maximum Gasteiger partial charge on any atom is 0.504 e. The van der Waals surface area contributed by atoms with Gasteiger partial charge < -0.3 is 38.1 Å². The SMILES string of the molecule is O[C@@H]1C2O[B-]34O[C@H]2OC2CO[B-]5(O[C@H]21)c1ccccc1C[N@H+]5Cc1cccc(c1)-c1c2ccccc2c(c2ccccc12)-c1cccc(c1)C[N@H+]3Cc1ccccc14. The van der Waals surface area contributed by atoms with E-state index in [1.54, 1.807) is 0 Å². The van der Waals surface area contributed by atoms with Crippen LogP contribution in [0.2, 0.25) is 0 Å². The summed E-state index contributed by atoms with van der Waals surface area (Å²) in [6.45, 7) is -1.12. The van der Waals surface area contributed by atoms with Crippen LogP contribution in [0.1, 0.15) is 22.3 Å². The van der Waals surface area contributed by atoms with Gasteiger partial charge in [-0.1, -0.05) is 144 Å². The fourth-order valence-electron chi connectivity index (χ4n) is 11.8. The number of hydrogen-bond donors (Lipinski definition) is 3. The second kappa shape index (κ2) is 12.4. The third kappa shape index (κ3) is 4.71. The molecule has 7 heterocycles. The van der Waals surface area contributed by atoms with E-state index in [0.29, 0.717) is 13.1 Å². The van der Waals surface area contributed by atoms with E-state index >= 15 is 0 Å². The van der Waals surface area contributed by atoms with Crippen molar-refractivity contribution in [3.63, 3.8) is 0 Å². The summed E-state index contributed by atoms with van der Waals surface area (Å²) in [6.07, 6.45) is -3.68. The number of ether oxygens (including phenoxy) is 1. The van der Waals surface area contributed by atoms with Gasteiger partial charge in [-0.05, 0) is 67.1 Å². The normalized spacial score (nSPS) is 31.5. The molecule has 0 radical (unpaired) electrons. The lowest BCUT2D eigenvalue weighted by atomic mass is 9.61. The lowest BCUT2D eigenvalue weighted by Crippen LogP contribution is -3.22. The van der Waals surface area contributed by atoms with Crippen LogP contribution in [-0.2, 0) is 49.5 Å². The van der Waals surface area contributed by atoms with Gasteiger partial charge in [0.2, 0.25) is 0 Å². The van der Waals surface area contributed by atoms with Gasteiger partial charge in [0.25, 0.3) is 0 Å². The van der Waals surface area contributed by atoms with Crippen molar-refractivity contribution in [1.29, 1.82) is 0 Å². The molecule has 9 atom stereocenters. The molecule has 2 spiro atoms. The Labute approximate surface area is 336 Å². The maximum atomic E-state index is 12.4. The summed E-state index contributed by atoms with van der Waals surface area (Å²) in [5, 5.41) is 17.3. The summed E-state index contributed by atoms with van der Waals surface area (Å²) in [5.74, 6) is 0. The average Bonchev–Trinajstić information content (AvgIpc) is 3.89. The molecule has 0 aliphatic carbocycles. The third-order valence-corrected chi connectivity index (χ3v) is 14.2. The Bertz CT molecular complexity index is 2620. The highest BCUT2D eigenvalue weighted by Crippen LogP contribution is 2.44. The van der Waals surface area contributed by atoms with Crippen molar-refractivity contribution in [3.8, 4) is 22.3 Å². The first-order chi connectivity index (χ1) is 28.6. The maximum absolute atomic E-state index is 12.4. The van der Waals surface area contributed by atoms with Crippen LogP contribution in [-0.4, -0.2) is 55.8 Å². The number of nitrogens with one attached hydrogen (secondary N) is 2. The van der Waals surface area contributed by atoms with Gasteiger partial charge in [-0.15, -0.1) is 0 Å². The van der Waals surface area contributed by atoms with Crippen molar-refractivity contribution in [1.82, 2.24) is 0 Å². The summed E-state index contributed by atoms with van der Waals surface area (Å²) < 4.78 is 35.2. The second-order valence-corrected chi connectivity index (χ2v) is 17.3. The van der Waals surface area contributed by atoms with Crippen LogP contribution in [0, 0.1) is 0 Å². The van der Waals surface area contributed by atoms with Crippen LogP contribution in [0.25, 0.3) is 43.8 Å². The van der Waals surface area contributed by atoms with Gasteiger partial charge in [0.1, 0.15) is 18.5 Å². The van der Waals surface area contributed by atoms with Gasteiger partial charge in [0.05, 0.1) is 38.4 Å². The van der Waals surface area contributed by atoms with Crippen LogP contribution in [0.5, 0.6) is 0 Å². The molecule has 7 aliphatic rings. The molecule has 10 bridgehead atoms. The fraction of sp³-hybridized carbons (Fsp3) is 0.208. The summed E-state index contributed by atoms with van der Waals surface area (Å²) in [4.78, 5) is 2.32. The largest absolute Gasteiger partial charge is 0.507 e. The van der Waals surface area contributed by atoms with E-state index in [4.69, 9.17) is 23.4 Å². The van der Waals surface area contributed by atoms with Gasteiger partial charge in [0, 0.05) is 17.7 Å². The molecule has 7 aromatic carbocycles. The summed E-state index contributed by atoms with van der Waals surface area (Å²) >= 11 is 0. The van der Waals surface area contributed by atoms with Crippen LogP contribution >= 0.6 is 0 Å². The van der Waals surface area contributed by atoms with E-state index < -0.39 is 44.1 Å². The number of hydrogen-bond acceptors (Lipinski definition) is 6. The van der Waals surface area contributed by atoms with Crippen LogP contribution in [0.3, 0.4) is 0 Å². The first-order valence-corrected chi connectivity index (χ1v) is 20.8. The molecule has 8 nitrogen and oxygen atoms in total. The number of aliphatic hydroxyl groups excluding tert-OH is 1. The molecule has 3 fully saturated rings. The molecular formula is C48H42B2N2O6. The van der Waals surface area contributed by atoms with Crippen LogP contribution in [0.15, 0.2) is 146 Å². The van der Waals surface area contributed by atoms with Crippen molar-refractivity contribution in [2.45, 2.75) is 56.9 Å². The Morgan fingerprint density at radius 2 is 1.00 bits per heavy atom. The Morgan fingerprint density at radius 3 is 1.59 bits per heavy atom. The van der Waals surface area contributed by atoms with Crippen LogP contribution in [0.4, 0.5) is 0 Å². The zero-order chi connectivity index (χ0) is 38.2. The number of fused-ring (bicyclic) bond motifs is 2. The van der Waals surface area contributed by atoms with E-state index in [2.05, 4.69) is 146 Å². The number of aliphatic hydroxyl groups is 1. The highest BCUT2D eigenvalue weighted by Gasteiger charge is 2.65. The Kier molecular flexibility index (Phi) is 7.25. The van der Waals surface area contributed by atoms with E-state index in [1.165, 1.54) is 70.9 Å². The number of quaternary nitrogens is 2. The lowest BCUT2D eigenvalue weighted by Gasteiger charge is -2.54. The summed E-state index contributed by atoms with van der Waals surface area (Å²) in [6, 6.07) is 52.6. The molecule has 3 N–H and O–H groups in total. The van der Waals surface area contributed by atoms with Gasteiger partial charge in [-0.3, -0.25) is 0 Å². The number of benzene rings is 7. The Balaban J connectivity index is 1.04. The van der Waals surface area contributed by atoms with E-state index in [0.717, 1.165) is 28.8 Å². The molecule has 4 unspecified atom stereocenters. The highest BCUT2D eigenvalue weighted by molar-refractivity contribution is 6.75. The van der Waals surface area contributed by atoms with Gasteiger partial charge >= 0.3 is 13.4 Å². The predicted molar refractivity (Wildman–Crippen MR) is 224 cm³/mol. The fourth-order valence-corrected chi connectivity index (χ4v) is 11.8. The molecular weight excluding hydrogens is 722 g/mol. The van der Waals surface area contributed by atoms with E-state index in [9.17, 15) is 5.11 Å². The molecule has 0 saturated carbocycles.